The van der Waals surface area contributed by atoms with Crippen LogP contribution in [0.1, 0.15) is 45.2 Å². The molecular formula is C26H32ClFN2O3. The van der Waals surface area contributed by atoms with Crippen molar-refractivity contribution in [2.45, 2.75) is 52.2 Å². The smallest absolute Gasteiger partial charge is 0.245 e. The highest BCUT2D eigenvalue weighted by atomic mass is 35.5. The zero-order valence-electron chi connectivity index (χ0n) is 19.6. The van der Waals surface area contributed by atoms with E-state index in [1.807, 2.05) is 39.8 Å². The molecule has 0 saturated carbocycles. The molecule has 0 unspecified atom stereocenters. The molecule has 0 radical (unpaired) electrons. The number of halogens is 2. The summed E-state index contributed by atoms with van der Waals surface area (Å²) in [5.41, 5.74) is -0.268. The van der Waals surface area contributed by atoms with Gasteiger partial charge in [-0.25, -0.2) is 4.39 Å². The normalized spacial score (nSPS) is 21.0. The van der Waals surface area contributed by atoms with Crippen LogP contribution in [0.4, 0.5) is 4.39 Å². The Bertz CT molecular complexity index is 992. The molecule has 5 nitrogen and oxygen atoms in total. The highest BCUT2D eigenvalue weighted by molar-refractivity contribution is 6.30. The third kappa shape index (κ3) is 5.56. The molecule has 1 saturated heterocycles. The van der Waals surface area contributed by atoms with E-state index in [4.69, 9.17) is 11.6 Å². The molecule has 2 atom stereocenters. The summed E-state index contributed by atoms with van der Waals surface area (Å²) in [5, 5.41) is 15.0. The number of hydrogen-bond acceptors (Lipinski definition) is 3. The largest absolute Gasteiger partial charge is 0.384 e. The van der Waals surface area contributed by atoms with Crippen LogP contribution in [0.3, 0.4) is 0 Å². The quantitative estimate of drug-likeness (QED) is 0.655. The van der Waals surface area contributed by atoms with E-state index >= 15 is 0 Å². The maximum absolute atomic E-state index is 13.4. The molecule has 2 amide bonds. The van der Waals surface area contributed by atoms with Gasteiger partial charge in [0.25, 0.3) is 0 Å². The Hall–Kier alpha value is -2.44. The van der Waals surface area contributed by atoms with E-state index in [1.54, 1.807) is 29.2 Å². The average molecular weight is 475 g/mol. The van der Waals surface area contributed by atoms with Crippen LogP contribution in [0.2, 0.25) is 5.02 Å². The number of benzene rings is 2. The minimum Gasteiger partial charge on any atom is -0.384 e. The molecule has 0 spiro atoms. The van der Waals surface area contributed by atoms with Crippen LogP contribution in [-0.4, -0.2) is 41.0 Å². The number of amides is 2. The molecule has 1 fully saturated rings. The first-order valence-electron chi connectivity index (χ1n) is 11.2. The second-order valence-electron chi connectivity index (χ2n) is 9.85. The summed E-state index contributed by atoms with van der Waals surface area (Å²) < 4.78 is 13.1. The minimum atomic E-state index is -1.10. The van der Waals surface area contributed by atoms with Crippen molar-refractivity contribution in [1.29, 1.82) is 0 Å². The van der Waals surface area contributed by atoms with Crippen molar-refractivity contribution in [3.8, 4) is 0 Å². The van der Waals surface area contributed by atoms with Crippen LogP contribution in [0, 0.1) is 17.2 Å². The van der Waals surface area contributed by atoms with Crippen LogP contribution in [0.5, 0.6) is 0 Å². The van der Waals surface area contributed by atoms with Crippen molar-refractivity contribution in [3.05, 3.63) is 70.5 Å². The number of nitrogens with zero attached hydrogens (tertiary/aromatic N) is 1. The van der Waals surface area contributed by atoms with Gasteiger partial charge in [-0.3, -0.25) is 9.59 Å². The highest BCUT2D eigenvalue weighted by Crippen LogP contribution is 2.46. The van der Waals surface area contributed by atoms with Gasteiger partial charge in [0.1, 0.15) is 11.9 Å². The molecule has 0 bridgehead atoms. The van der Waals surface area contributed by atoms with E-state index in [0.29, 0.717) is 30.1 Å². The lowest BCUT2D eigenvalue weighted by Crippen LogP contribution is -2.60. The summed E-state index contributed by atoms with van der Waals surface area (Å²) in [4.78, 5) is 27.8. The van der Waals surface area contributed by atoms with E-state index in [-0.39, 0.29) is 30.0 Å². The van der Waals surface area contributed by atoms with Gasteiger partial charge in [-0.05, 0) is 47.7 Å². The first-order chi connectivity index (χ1) is 15.4. The van der Waals surface area contributed by atoms with Gasteiger partial charge >= 0.3 is 0 Å². The van der Waals surface area contributed by atoms with E-state index in [2.05, 4.69) is 5.32 Å². The molecular weight excluding hydrogens is 443 g/mol. The van der Waals surface area contributed by atoms with Gasteiger partial charge in [-0.2, -0.15) is 0 Å². The standard InChI is InChI=1S/C26H32ClFN2O3/c1-17(2)23(29-22(31)15-18-5-11-21(28)12-6-18)24(32)30-14-13-26(33,25(3,4)16-30)19-7-9-20(27)10-8-19/h5-12,17,23,33H,13-16H2,1-4H3,(H,29,31)/t23-,26+/m1/s1. The molecule has 1 aliphatic heterocycles. The zero-order valence-corrected chi connectivity index (χ0v) is 20.3. The molecule has 0 aromatic heterocycles. The molecule has 7 heteroatoms. The van der Waals surface area contributed by atoms with Crippen molar-refractivity contribution in [2.75, 3.05) is 13.1 Å². The summed E-state index contributed by atoms with van der Waals surface area (Å²) in [7, 11) is 0. The Labute approximate surface area is 199 Å². The van der Waals surface area contributed by atoms with Crippen LogP contribution in [0.15, 0.2) is 48.5 Å². The maximum atomic E-state index is 13.4. The lowest BCUT2D eigenvalue weighted by atomic mass is 9.66. The number of carbonyl (C=O) groups excluding carboxylic acids is 2. The molecule has 2 N–H and O–H groups in total. The molecule has 2 aromatic carbocycles. The number of nitrogens with one attached hydrogen (secondary N) is 1. The molecule has 1 heterocycles. The van der Waals surface area contributed by atoms with E-state index in [1.165, 1.54) is 12.1 Å². The highest BCUT2D eigenvalue weighted by Gasteiger charge is 2.50. The topological polar surface area (TPSA) is 69.6 Å². The molecule has 0 aliphatic carbocycles. The fourth-order valence-corrected chi connectivity index (χ4v) is 4.62. The fraction of sp³-hybridized carbons (Fsp3) is 0.462. The van der Waals surface area contributed by atoms with Crippen molar-refractivity contribution in [2.24, 2.45) is 11.3 Å². The summed E-state index contributed by atoms with van der Waals surface area (Å²) in [5.74, 6) is -0.929. The van der Waals surface area contributed by atoms with Crippen LogP contribution in [0.25, 0.3) is 0 Å². The lowest BCUT2D eigenvalue weighted by molar-refractivity contribution is -0.156. The Balaban J connectivity index is 1.71. The third-order valence-electron chi connectivity index (χ3n) is 6.61. The van der Waals surface area contributed by atoms with Gasteiger partial charge in [-0.15, -0.1) is 0 Å². The van der Waals surface area contributed by atoms with Gasteiger partial charge in [0.15, 0.2) is 0 Å². The second-order valence-corrected chi connectivity index (χ2v) is 10.3. The van der Waals surface area contributed by atoms with Crippen molar-refractivity contribution in [1.82, 2.24) is 10.2 Å². The van der Waals surface area contributed by atoms with Crippen molar-refractivity contribution >= 4 is 23.4 Å². The van der Waals surface area contributed by atoms with Gasteiger partial charge in [-0.1, -0.05) is 63.6 Å². The van der Waals surface area contributed by atoms with Gasteiger partial charge in [0.2, 0.25) is 11.8 Å². The maximum Gasteiger partial charge on any atom is 0.245 e. The first-order valence-corrected chi connectivity index (χ1v) is 11.6. The van der Waals surface area contributed by atoms with Gasteiger partial charge < -0.3 is 15.3 Å². The van der Waals surface area contributed by atoms with E-state index in [9.17, 15) is 19.1 Å². The Morgan fingerprint density at radius 3 is 2.27 bits per heavy atom. The Morgan fingerprint density at radius 1 is 1.12 bits per heavy atom. The van der Waals surface area contributed by atoms with Gasteiger partial charge in [0.05, 0.1) is 12.0 Å². The van der Waals surface area contributed by atoms with E-state index in [0.717, 1.165) is 5.56 Å². The molecule has 3 rings (SSSR count). The molecule has 178 valence electrons. The lowest BCUT2D eigenvalue weighted by Gasteiger charge is -2.51. The average Bonchev–Trinajstić information content (AvgIpc) is 2.75. The molecule has 2 aromatic rings. The summed E-state index contributed by atoms with van der Waals surface area (Å²) >= 11 is 6.01. The number of piperidine rings is 1. The number of rotatable bonds is 6. The monoisotopic (exact) mass is 474 g/mol. The van der Waals surface area contributed by atoms with Crippen LogP contribution < -0.4 is 5.32 Å². The zero-order chi connectivity index (χ0) is 24.4. The summed E-state index contributed by atoms with van der Waals surface area (Å²) in [6, 6.07) is 12.2. The number of aliphatic hydroxyl groups is 1. The molecule has 1 aliphatic rings. The number of carbonyl (C=O) groups is 2. The third-order valence-corrected chi connectivity index (χ3v) is 6.86. The predicted molar refractivity (Wildman–Crippen MR) is 127 cm³/mol. The SMILES string of the molecule is CC(C)[C@@H](NC(=O)Cc1ccc(F)cc1)C(=O)N1CC[C@](O)(c2ccc(Cl)cc2)C(C)(C)C1. The fourth-order valence-electron chi connectivity index (χ4n) is 4.49. The van der Waals surface area contributed by atoms with Crippen LogP contribution in [-0.2, 0) is 21.6 Å². The first kappa shape index (κ1) is 25.2. The number of likely N-dealkylation sites (tertiary alicyclic amines) is 1. The Morgan fingerprint density at radius 2 is 1.73 bits per heavy atom. The Kier molecular flexibility index (Phi) is 7.49. The van der Waals surface area contributed by atoms with Crippen molar-refractivity contribution < 1.29 is 19.1 Å². The van der Waals surface area contributed by atoms with E-state index < -0.39 is 17.1 Å². The molecule has 33 heavy (non-hydrogen) atoms. The summed E-state index contributed by atoms with van der Waals surface area (Å²) in [6.45, 7) is 8.39. The van der Waals surface area contributed by atoms with Gasteiger partial charge in [0, 0.05) is 23.5 Å². The van der Waals surface area contributed by atoms with Crippen molar-refractivity contribution in [3.63, 3.8) is 0 Å². The second kappa shape index (κ2) is 9.82. The van der Waals surface area contributed by atoms with Crippen LogP contribution >= 0.6 is 11.6 Å². The predicted octanol–water partition coefficient (Wildman–Crippen LogP) is 4.31. The minimum absolute atomic E-state index is 0.0680. The summed E-state index contributed by atoms with van der Waals surface area (Å²) in [6.07, 6.45) is 0.445. The number of hydrogen-bond donors (Lipinski definition) is 2.